The molecule has 9 rings (SSSR count). The monoisotopic (exact) mass is 844 g/mol. The van der Waals surface area contributed by atoms with Crippen LogP contribution in [0.3, 0.4) is 0 Å². The van der Waals surface area contributed by atoms with Crippen LogP contribution in [-0.4, -0.2) is 86.6 Å². The first-order chi connectivity index (χ1) is 29.9. The summed E-state index contributed by atoms with van der Waals surface area (Å²) in [7, 11) is 1.28. The third kappa shape index (κ3) is 7.81. The number of rotatable bonds is 10. The zero-order chi connectivity index (χ0) is 43.3. The summed E-state index contributed by atoms with van der Waals surface area (Å²) in [4.78, 5) is 60.1. The van der Waals surface area contributed by atoms with Gasteiger partial charge in [0.2, 0.25) is 11.8 Å². The Balaban J connectivity index is 0.966. The number of carbonyl (C=O) groups excluding carboxylic acids is 3. The van der Waals surface area contributed by atoms with Crippen LogP contribution in [0.4, 0.5) is 18.0 Å². The first-order valence-electron chi connectivity index (χ1n) is 21.0. The van der Waals surface area contributed by atoms with E-state index in [1.807, 2.05) is 36.9 Å². The Morgan fingerprint density at radius 3 is 1.79 bits per heavy atom. The molecule has 2 saturated heterocycles. The maximum atomic E-state index is 14.0. The van der Waals surface area contributed by atoms with E-state index < -0.39 is 42.8 Å². The molecule has 2 aliphatic rings. The molecule has 5 aromatic carbocycles. The van der Waals surface area contributed by atoms with E-state index >= 15 is 0 Å². The fraction of sp³-hybridized carbons (Fsp3) is 0.340. The summed E-state index contributed by atoms with van der Waals surface area (Å²) in [6.45, 7) is 3.49. The highest BCUT2D eigenvalue weighted by Gasteiger charge is 2.39. The van der Waals surface area contributed by atoms with E-state index in [0.29, 0.717) is 43.1 Å². The van der Waals surface area contributed by atoms with Gasteiger partial charge in [0.1, 0.15) is 23.7 Å². The van der Waals surface area contributed by atoms with Crippen LogP contribution in [0.2, 0.25) is 0 Å². The largest absolute Gasteiger partial charge is 0.453 e. The van der Waals surface area contributed by atoms with Crippen molar-refractivity contribution in [1.82, 2.24) is 40.4 Å². The van der Waals surface area contributed by atoms with E-state index in [0.717, 1.165) is 67.6 Å². The van der Waals surface area contributed by atoms with Gasteiger partial charge in [-0.1, -0.05) is 80.6 Å². The highest BCUT2D eigenvalue weighted by molar-refractivity contribution is 6.07. The van der Waals surface area contributed by atoms with Crippen molar-refractivity contribution < 1.29 is 32.3 Å². The van der Waals surface area contributed by atoms with Crippen molar-refractivity contribution in [3.05, 3.63) is 108 Å². The van der Waals surface area contributed by atoms with Crippen LogP contribution < -0.4 is 10.6 Å². The number of likely N-dealkylation sites (tertiary alicyclic amines) is 2. The van der Waals surface area contributed by atoms with Gasteiger partial charge in [-0.2, -0.15) is 13.2 Å². The standard InChI is InChI=1S/C47H47F3N8O4/c1-26(2)38(56-46(61)62-3)44(59)57-21-7-11-36(57)42-52-34-19-15-30-23-28(13-17-32(30)40(34)54-42)29-14-18-33-31(24-29)16-20-35-41(33)55-43(53-35)37-12-8-22-58(37)45(60)39(51-25-47(48,49)50)27-9-5-4-6-10-27/h4-6,9-10,13-20,23-24,26,36-39,51H,7-8,11-12,21-22,25H2,1-3H3,(H,52,54)(H,53,55)(H,56,61)/t36-,37-,38-,39+/m0/s1. The Hall–Kier alpha value is -6.48. The number of hydrogen-bond donors (Lipinski definition) is 4. The first-order valence-corrected chi connectivity index (χ1v) is 21.0. The number of alkyl halides is 3. The molecular weight excluding hydrogens is 798 g/mol. The summed E-state index contributed by atoms with van der Waals surface area (Å²) < 4.78 is 44.7. The average Bonchev–Trinajstić information content (AvgIpc) is 4.10. The number of methoxy groups -OCH3 is 1. The Labute approximate surface area is 355 Å². The molecule has 0 spiro atoms. The first kappa shape index (κ1) is 40.9. The van der Waals surface area contributed by atoms with Crippen molar-refractivity contribution in [1.29, 1.82) is 0 Å². The van der Waals surface area contributed by atoms with Gasteiger partial charge in [-0.3, -0.25) is 14.9 Å². The summed E-state index contributed by atoms with van der Waals surface area (Å²) in [6.07, 6.45) is -2.20. The minimum atomic E-state index is -4.47. The summed E-state index contributed by atoms with van der Waals surface area (Å²) in [5.74, 6) is 0.618. The Morgan fingerprint density at radius 1 is 0.758 bits per heavy atom. The Bertz CT molecular complexity index is 2820. The molecule has 62 heavy (non-hydrogen) atoms. The molecule has 0 aliphatic carbocycles. The molecule has 4 heterocycles. The van der Waals surface area contributed by atoms with E-state index in [1.165, 1.54) is 7.11 Å². The van der Waals surface area contributed by atoms with Crippen LogP contribution in [0.15, 0.2) is 91.0 Å². The number of fused-ring (bicyclic) bond motifs is 6. The Morgan fingerprint density at radius 2 is 1.29 bits per heavy atom. The third-order valence-electron chi connectivity index (χ3n) is 12.3. The minimum Gasteiger partial charge on any atom is -0.453 e. The average molecular weight is 845 g/mol. The van der Waals surface area contributed by atoms with Crippen molar-refractivity contribution in [2.45, 2.75) is 69.9 Å². The summed E-state index contributed by atoms with van der Waals surface area (Å²) in [5.41, 5.74) is 5.80. The van der Waals surface area contributed by atoms with Crippen LogP contribution >= 0.6 is 0 Å². The van der Waals surface area contributed by atoms with Gasteiger partial charge in [0, 0.05) is 23.9 Å². The fourth-order valence-electron chi connectivity index (χ4n) is 9.22. The molecule has 2 aromatic heterocycles. The lowest BCUT2D eigenvalue weighted by Crippen LogP contribution is -2.51. The lowest BCUT2D eigenvalue weighted by atomic mass is 9.98. The zero-order valence-corrected chi connectivity index (χ0v) is 34.6. The van der Waals surface area contributed by atoms with Crippen molar-refractivity contribution in [2.75, 3.05) is 26.7 Å². The number of benzene rings is 5. The molecule has 0 radical (unpaired) electrons. The van der Waals surface area contributed by atoms with Crippen molar-refractivity contribution in [3.63, 3.8) is 0 Å². The summed E-state index contributed by atoms with van der Waals surface area (Å²) in [5, 5.41) is 9.16. The lowest BCUT2D eigenvalue weighted by Gasteiger charge is -2.29. The van der Waals surface area contributed by atoms with E-state index in [1.54, 1.807) is 35.2 Å². The van der Waals surface area contributed by atoms with Crippen LogP contribution in [0.25, 0.3) is 54.7 Å². The molecule has 320 valence electrons. The molecule has 7 aromatic rings. The highest BCUT2D eigenvalue weighted by atomic mass is 19.4. The maximum Gasteiger partial charge on any atom is 0.407 e. The normalized spacial score (nSPS) is 18.0. The molecular formula is C47H47F3N8O4. The maximum absolute atomic E-state index is 14.0. The molecule has 12 nitrogen and oxygen atoms in total. The Kier molecular flexibility index (Phi) is 10.8. The van der Waals surface area contributed by atoms with Gasteiger partial charge in [-0.15, -0.1) is 0 Å². The number of carbonyl (C=O) groups is 3. The van der Waals surface area contributed by atoms with Crippen molar-refractivity contribution in [2.24, 2.45) is 5.92 Å². The van der Waals surface area contributed by atoms with Crippen LogP contribution in [0, 0.1) is 5.92 Å². The smallest absolute Gasteiger partial charge is 0.407 e. The van der Waals surface area contributed by atoms with Gasteiger partial charge in [0.05, 0.1) is 47.8 Å². The fourth-order valence-corrected chi connectivity index (χ4v) is 9.22. The number of amides is 3. The number of H-pyrrole nitrogens is 2. The SMILES string of the molecule is COC(=O)N[C@H](C(=O)N1CCC[C@H]1c1nc2ccc3cc(-c4ccc5c(ccc6nc([C@@H]7CCCN7C(=O)[C@H](NCC(F)(F)F)c7ccccc7)[nH]c65)c4)ccc3c2[nH]1)C(C)C. The second-order valence-electron chi connectivity index (χ2n) is 16.6. The number of ether oxygens (including phenoxy) is 1. The van der Waals surface area contributed by atoms with E-state index in [4.69, 9.17) is 14.7 Å². The van der Waals surface area contributed by atoms with E-state index in [-0.39, 0.29) is 17.9 Å². The number of hydrogen-bond acceptors (Lipinski definition) is 7. The topological polar surface area (TPSA) is 148 Å². The molecule has 2 fully saturated rings. The highest BCUT2D eigenvalue weighted by Crippen LogP contribution is 2.38. The number of aromatic amines is 2. The molecule has 4 atom stereocenters. The quantitative estimate of drug-likeness (QED) is 0.107. The van der Waals surface area contributed by atoms with Gasteiger partial charge in [-0.25, -0.2) is 14.8 Å². The molecule has 15 heteroatoms. The van der Waals surface area contributed by atoms with Gasteiger partial charge in [0.15, 0.2) is 0 Å². The second kappa shape index (κ2) is 16.4. The minimum absolute atomic E-state index is 0.131. The number of imidazole rings is 2. The molecule has 2 aliphatic heterocycles. The van der Waals surface area contributed by atoms with Gasteiger partial charge in [-0.05, 0) is 83.3 Å². The van der Waals surface area contributed by atoms with Crippen molar-refractivity contribution >= 4 is 61.5 Å². The lowest BCUT2D eigenvalue weighted by molar-refractivity contribution is -0.140. The van der Waals surface area contributed by atoms with E-state index in [2.05, 4.69) is 63.1 Å². The molecule has 0 saturated carbocycles. The molecule has 3 amide bonds. The van der Waals surface area contributed by atoms with Crippen molar-refractivity contribution in [3.8, 4) is 11.1 Å². The van der Waals surface area contributed by atoms with Crippen LogP contribution in [-0.2, 0) is 14.3 Å². The summed E-state index contributed by atoms with van der Waals surface area (Å²) in [6, 6.07) is 26.6. The summed E-state index contributed by atoms with van der Waals surface area (Å²) >= 11 is 0. The van der Waals surface area contributed by atoms with Gasteiger partial charge >= 0.3 is 12.3 Å². The van der Waals surface area contributed by atoms with Gasteiger partial charge < -0.3 is 29.8 Å². The second-order valence-corrected chi connectivity index (χ2v) is 16.6. The van der Waals surface area contributed by atoms with Crippen LogP contribution in [0.1, 0.15) is 74.9 Å². The number of aromatic nitrogens is 4. The predicted octanol–water partition coefficient (Wildman–Crippen LogP) is 9.01. The third-order valence-corrected chi connectivity index (χ3v) is 12.3. The predicted molar refractivity (Wildman–Crippen MR) is 231 cm³/mol. The van der Waals surface area contributed by atoms with Crippen LogP contribution in [0.5, 0.6) is 0 Å². The number of nitrogens with zero attached hydrogens (tertiary/aromatic N) is 4. The zero-order valence-electron chi connectivity index (χ0n) is 34.6. The molecule has 4 N–H and O–H groups in total. The molecule has 0 bridgehead atoms. The number of alkyl carbamates (subject to hydrolysis) is 1. The van der Waals surface area contributed by atoms with E-state index in [9.17, 15) is 27.6 Å². The number of halogens is 3. The van der Waals surface area contributed by atoms with Gasteiger partial charge in [0.25, 0.3) is 0 Å². The number of nitrogens with one attached hydrogen (secondary N) is 4. The molecule has 0 unspecified atom stereocenters.